The van der Waals surface area contributed by atoms with Crippen LogP contribution in [0.1, 0.15) is 13.3 Å². The normalized spacial score (nSPS) is 11.1. The van der Waals surface area contributed by atoms with Gasteiger partial charge in [-0.3, -0.25) is 9.59 Å². The molecule has 0 spiro atoms. The molecule has 2 aromatic rings. The van der Waals surface area contributed by atoms with E-state index >= 15 is 0 Å². The second-order valence-electron chi connectivity index (χ2n) is 5.24. The van der Waals surface area contributed by atoms with Crippen molar-refractivity contribution < 1.29 is 32.2 Å². The van der Waals surface area contributed by atoms with Crippen LogP contribution in [-0.4, -0.2) is 18.1 Å². The molecular formula is C17H11BrCl2F3NO4. The average Bonchev–Trinajstić information content (AvgIpc) is 2.59. The first-order valence-corrected chi connectivity index (χ1v) is 9.11. The Morgan fingerprint density at radius 2 is 1.71 bits per heavy atom. The van der Waals surface area contributed by atoms with E-state index in [0.717, 1.165) is 0 Å². The van der Waals surface area contributed by atoms with Gasteiger partial charge in [-0.2, -0.15) is 13.2 Å². The van der Waals surface area contributed by atoms with Crippen molar-refractivity contribution >= 4 is 56.7 Å². The molecule has 0 aliphatic heterocycles. The summed E-state index contributed by atoms with van der Waals surface area (Å²) in [5.41, 5.74) is -0.103. The molecule has 150 valence electrons. The highest BCUT2D eigenvalue weighted by atomic mass is 79.9. The van der Waals surface area contributed by atoms with Gasteiger partial charge in [0.15, 0.2) is 5.75 Å². The van der Waals surface area contributed by atoms with Gasteiger partial charge in [-0.25, -0.2) is 0 Å². The topological polar surface area (TPSA) is 64.6 Å². The highest BCUT2D eigenvalue weighted by Gasteiger charge is 2.38. The molecule has 0 saturated heterocycles. The molecule has 0 aliphatic carbocycles. The zero-order valence-corrected chi connectivity index (χ0v) is 17.1. The minimum Gasteiger partial charge on any atom is -0.454 e. The molecule has 2 aromatic carbocycles. The lowest BCUT2D eigenvalue weighted by Gasteiger charge is -2.14. The highest BCUT2D eigenvalue weighted by molar-refractivity contribution is 9.10. The Morgan fingerprint density at radius 3 is 2.21 bits per heavy atom. The number of halogens is 6. The standard InChI is InChI=1S/C17H11BrCl2F3NO4/c1-2-14(25)27-9-6-11(19)15(12(20)7-9)28-8-3-4-13(10(18)5-8)24-16(26)17(21,22)23/h3-7H,2H2,1H3,(H,24,26). The maximum atomic E-state index is 12.3. The van der Waals surface area contributed by atoms with E-state index in [1.54, 1.807) is 12.2 Å². The quantitative estimate of drug-likeness (QED) is 0.383. The maximum absolute atomic E-state index is 12.3. The molecule has 0 radical (unpaired) electrons. The predicted octanol–water partition coefficient (Wildman–Crippen LogP) is 6.36. The van der Waals surface area contributed by atoms with Crippen LogP contribution >= 0.6 is 39.1 Å². The van der Waals surface area contributed by atoms with E-state index in [9.17, 15) is 22.8 Å². The number of benzene rings is 2. The van der Waals surface area contributed by atoms with Crippen LogP contribution in [0, 0.1) is 0 Å². The number of amides is 1. The molecule has 1 N–H and O–H groups in total. The van der Waals surface area contributed by atoms with Gasteiger partial charge in [-0.1, -0.05) is 30.1 Å². The van der Waals surface area contributed by atoms with Crippen molar-refractivity contribution in [3.05, 3.63) is 44.8 Å². The summed E-state index contributed by atoms with van der Waals surface area (Å²) in [4.78, 5) is 22.4. The number of rotatable bonds is 5. The van der Waals surface area contributed by atoms with Crippen molar-refractivity contribution in [1.82, 2.24) is 0 Å². The van der Waals surface area contributed by atoms with Crippen LogP contribution in [0.25, 0.3) is 0 Å². The molecule has 0 fully saturated rings. The molecule has 0 saturated carbocycles. The van der Waals surface area contributed by atoms with Gasteiger partial charge >= 0.3 is 18.1 Å². The van der Waals surface area contributed by atoms with Crippen molar-refractivity contribution in [2.75, 3.05) is 5.32 Å². The van der Waals surface area contributed by atoms with E-state index < -0.39 is 18.1 Å². The Bertz CT molecular complexity index is 899. The molecule has 5 nitrogen and oxygen atoms in total. The van der Waals surface area contributed by atoms with Crippen LogP contribution < -0.4 is 14.8 Å². The van der Waals surface area contributed by atoms with Crippen LogP contribution in [-0.2, 0) is 9.59 Å². The summed E-state index contributed by atoms with van der Waals surface area (Å²) in [5.74, 6) is -2.20. The van der Waals surface area contributed by atoms with Crippen molar-refractivity contribution in [3.63, 3.8) is 0 Å². The average molecular weight is 501 g/mol. The molecule has 28 heavy (non-hydrogen) atoms. The highest BCUT2D eigenvalue weighted by Crippen LogP contribution is 2.40. The van der Waals surface area contributed by atoms with Crippen LogP contribution in [0.4, 0.5) is 18.9 Å². The summed E-state index contributed by atoms with van der Waals surface area (Å²) in [6.45, 7) is 1.63. The maximum Gasteiger partial charge on any atom is 0.471 e. The van der Waals surface area contributed by atoms with Gasteiger partial charge in [0.25, 0.3) is 0 Å². The van der Waals surface area contributed by atoms with Crippen molar-refractivity contribution in [1.29, 1.82) is 0 Å². The van der Waals surface area contributed by atoms with Crippen molar-refractivity contribution in [3.8, 4) is 17.2 Å². The molecule has 0 aliphatic rings. The molecule has 1 amide bonds. The fraction of sp³-hybridized carbons (Fsp3) is 0.176. The number of hydrogen-bond donors (Lipinski definition) is 1. The minimum atomic E-state index is -5.02. The first-order valence-electron chi connectivity index (χ1n) is 7.56. The van der Waals surface area contributed by atoms with Crippen molar-refractivity contribution in [2.45, 2.75) is 19.5 Å². The van der Waals surface area contributed by atoms with Gasteiger partial charge in [0.05, 0.1) is 15.7 Å². The van der Waals surface area contributed by atoms with Gasteiger partial charge in [0, 0.05) is 23.0 Å². The monoisotopic (exact) mass is 499 g/mol. The lowest BCUT2D eigenvalue weighted by molar-refractivity contribution is -0.167. The Labute approximate surface area is 175 Å². The number of ether oxygens (including phenoxy) is 2. The first kappa shape index (κ1) is 22.3. The fourth-order valence-electron chi connectivity index (χ4n) is 1.87. The molecule has 2 rings (SSSR count). The molecule has 0 heterocycles. The summed E-state index contributed by atoms with van der Waals surface area (Å²) in [6, 6.07) is 6.52. The van der Waals surface area contributed by atoms with Gasteiger partial charge in [-0.15, -0.1) is 0 Å². The SMILES string of the molecule is CCC(=O)Oc1cc(Cl)c(Oc2ccc(NC(=O)C(F)(F)F)c(Br)c2)c(Cl)c1. The lowest BCUT2D eigenvalue weighted by atomic mass is 10.3. The Balaban J connectivity index is 2.21. The molecule has 0 bridgehead atoms. The lowest BCUT2D eigenvalue weighted by Crippen LogP contribution is -2.30. The zero-order chi connectivity index (χ0) is 21.1. The zero-order valence-electron chi connectivity index (χ0n) is 14.0. The van der Waals surface area contributed by atoms with Gasteiger partial charge in [0.2, 0.25) is 0 Å². The number of anilines is 1. The Kier molecular flexibility index (Phi) is 7.19. The molecule has 0 unspecified atom stereocenters. The largest absolute Gasteiger partial charge is 0.471 e. The number of carbonyl (C=O) groups excluding carboxylic acids is 2. The number of alkyl halides is 3. The van der Waals surface area contributed by atoms with Crippen LogP contribution in [0.15, 0.2) is 34.8 Å². The van der Waals surface area contributed by atoms with E-state index in [1.165, 1.54) is 30.3 Å². The third-order valence-corrected chi connectivity index (χ3v) is 4.38. The molecule has 11 heteroatoms. The first-order chi connectivity index (χ1) is 13.0. The van der Waals surface area contributed by atoms with Gasteiger partial charge < -0.3 is 14.8 Å². The van der Waals surface area contributed by atoms with E-state index in [-0.39, 0.29) is 43.9 Å². The fourth-order valence-corrected chi connectivity index (χ4v) is 2.87. The minimum absolute atomic E-state index is 0.0528. The van der Waals surface area contributed by atoms with Gasteiger partial charge in [0.1, 0.15) is 11.5 Å². The third kappa shape index (κ3) is 5.76. The summed E-state index contributed by atoms with van der Waals surface area (Å²) in [5, 5.41) is 1.83. The van der Waals surface area contributed by atoms with Crippen LogP contribution in [0.5, 0.6) is 17.2 Å². The molecule has 0 atom stereocenters. The number of hydrogen-bond acceptors (Lipinski definition) is 4. The summed E-state index contributed by atoms with van der Waals surface area (Å²) in [7, 11) is 0. The summed E-state index contributed by atoms with van der Waals surface area (Å²) in [6.07, 6.45) is -4.85. The number of carbonyl (C=O) groups is 2. The second-order valence-corrected chi connectivity index (χ2v) is 6.91. The Hall–Kier alpha value is -1.97. The van der Waals surface area contributed by atoms with E-state index in [4.69, 9.17) is 32.7 Å². The van der Waals surface area contributed by atoms with Crippen molar-refractivity contribution in [2.24, 2.45) is 0 Å². The van der Waals surface area contributed by atoms with Crippen LogP contribution in [0.2, 0.25) is 10.0 Å². The van der Waals surface area contributed by atoms with Gasteiger partial charge in [-0.05, 0) is 34.1 Å². The van der Waals surface area contributed by atoms with Crippen LogP contribution in [0.3, 0.4) is 0 Å². The second kappa shape index (κ2) is 9.02. The van der Waals surface area contributed by atoms with E-state index in [1.807, 2.05) is 0 Å². The summed E-state index contributed by atoms with van der Waals surface area (Å²) < 4.78 is 47.8. The van der Waals surface area contributed by atoms with E-state index in [0.29, 0.717) is 0 Å². The Morgan fingerprint density at radius 1 is 1.11 bits per heavy atom. The molecule has 0 aromatic heterocycles. The molecular weight excluding hydrogens is 490 g/mol. The summed E-state index contributed by atoms with van der Waals surface area (Å²) >= 11 is 15.3. The number of esters is 1. The smallest absolute Gasteiger partial charge is 0.454 e. The number of nitrogens with one attached hydrogen (secondary N) is 1. The third-order valence-electron chi connectivity index (χ3n) is 3.16. The predicted molar refractivity (Wildman–Crippen MR) is 101 cm³/mol. The van der Waals surface area contributed by atoms with E-state index in [2.05, 4.69) is 15.9 Å².